The second-order valence-corrected chi connectivity index (χ2v) is 6.40. The summed E-state index contributed by atoms with van der Waals surface area (Å²) in [5.41, 5.74) is 1.88. The van der Waals surface area contributed by atoms with Crippen molar-refractivity contribution in [2.45, 2.75) is 17.5 Å². The van der Waals surface area contributed by atoms with Crippen molar-refractivity contribution in [2.75, 3.05) is 27.5 Å². The average molecular weight is 348 g/mol. The molecular formula is C17H24N4O2S. The van der Waals surface area contributed by atoms with Crippen LogP contribution in [-0.4, -0.2) is 48.0 Å². The van der Waals surface area contributed by atoms with E-state index in [1.807, 2.05) is 37.7 Å². The SMILES string of the molecule is CNC(C(=O)N(C)Cc1ccc(SC)c(OC)c1)c1cnn(C)c1. The first-order chi connectivity index (χ1) is 11.5. The van der Waals surface area contributed by atoms with Crippen molar-refractivity contribution < 1.29 is 9.53 Å². The molecular weight excluding hydrogens is 324 g/mol. The number of carbonyl (C=O) groups is 1. The first-order valence-corrected chi connectivity index (χ1v) is 8.84. The van der Waals surface area contributed by atoms with E-state index >= 15 is 0 Å². The van der Waals surface area contributed by atoms with Gasteiger partial charge in [-0.2, -0.15) is 5.10 Å². The summed E-state index contributed by atoms with van der Waals surface area (Å²) in [4.78, 5) is 15.5. The van der Waals surface area contributed by atoms with Crippen LogP contribution in [0.25, 0.3) is 0 Å². The molecule has 1 N–H and O–H groups in total. The van der Waals surface area contributed by atoms with Crippen LogP contribution >= 0.6 is 11.8 Å². The predicted molar refractivity (Wildman–Crippen MR) is 96.3 cm³/mol. The van der Waals surface area contributed by atoms with Crippen LogP contribution in [0.4, 0.5) is 0 Å². The molecule has 2 rings (SSSR count). The summed E-state index contributed by atoms with van der Waals surface area (Å²) in [6, 6.07) is 5.62. The number of nitrogens with zero attached hydrogens (tertiary/aromatic N) is 3. The lowest BCUT2D eigenvalue weighted by Gasteiger charge is -2.23. The van der Waals surface area contributed by atoms with Gasteiger partial charge < -0.3 is 15.0 Å². The molecule has 24 heavy (non-hydrogen) atoms. The van der Waals surface area contributed by atoms with Gasteiger partial charge in [0.1, 0.15) is 11.8 Å². The van der Waals surface area contributed by atoms with Crippen molar-refractivity contribution >= 4 is 17.7 Å². The first-order valence-electron chi connectivity index (χ1n) is 7.61. The van der Waals surface area contributed by atoms with E-state index in [9.17, 15) is 4.79 Å². The molecule has 1 aromatic carbocycles. The highest BCUT2D eigenvalue weighted by molar-refractivity contribution is 7.98. The summed E-state index contributed by atoms with van der Waals surface area (Å²) in [5, 5.41) is 7.21. The van der Waals surface area contributed by atoms with Gasteiger partial charge in [-0.3, -0.25) is 9.48 Å². The van der Waals surface area contributed by atoms with Crippen LogP contribution in [0.2, 0.25) is 0 Å². The topological polar surface area (TPSA) is 59.4 Å². The highest BCUT2D eigenvalue weighted by Gasteiger charge is 2.23. The fourth-order valence-electron chi connectivity index (χ4n) is 2.57. The van der Waals surface area contributed by atoms with Crippen LogP contribution in [-0.2, 0) is 18.4 Å². The number of amides is 1. The van der Waals surface area contributed by atoms with Gasteiger partial charge in [0.05, 0.1) is 13.3 Å². The summed E-state index contributed by atoms with van der Waals surface area (Å²) in [6.07, 6.45) is 5.57. The lowest BCUT2D eigenvalue weighted by Crippen LogP contribution is -2.37. The third kappa shape index (κ3) is 4.10. The monoisotopic (exact) mass is 348 g/mol. The van der Waals surface area contributed by atoms with Gasteiger partial charge in [-0.1, -0.05) is 6.07 Å². The second-order valence-electron chi connectivity index (χ2n) is 5.55. The second kappa shape index (κ2) is 8.21. The van der Waals surface area contributed by atoms with Crippen LogP contribution in [0.3, 0.4) is 0 Å². The number of rotatable bonds is 7. The van der Waals surface area contributed by atoms with Gasteiger partial charge in [0.2, 0.25) is 5.91 Å². The summed E-state index contributed by atoms with van der Waals surface area (Å²) in [6.45, 7) is 0.516. The minimum Gasteiger partial charge on any atom is -0.496 e. The molecule has 0 aliphatic carbocycles. The molecule has 0 saturated heterocycles. The number of carbonyl (C=O) groups excluding carboxylic acids is 1. The van der Waals surface area contributed by atoms with Gasteiger partial charge >= 0.3 is 0 Å². The Hall–Kier alpha value is -1.99. The van der Waals surface area contributed by atoms with Crippen LogP contribution in [0, 0.1) is 0 Å². The predicted octanol–water partition coefficient (Wildman–Crippen LogP) is 2.07. The molecule has 7 heteroatoms. The highest BCUT2D eigenvalue weighted by Crippen LogP contribution is 2.29. The Bertz CT molecular complexity index is 702. The lowest BCUT2D eigenvalue weighted by atomic mass is 10.1. The minimum atomic E-state index is -0.406. The molecule has 2 aromatic rings. The minimum absolute atomic E-state index is 0.00147. The first kappa shape index (κ1) is 18.4. The van der Waals surface area contributed by atoms with E-state index in [4.69, 9.17) is 4.74 Å². The van der Waals surface area contributed by atoms with Crippen molar-refractivity contribution in [1.29, 1.82) is 0 Å². The fourth-order valence-corrected chi connectivity index (χ4v) is 3.12. The maximum Gasteiger partial charge on any atom is 0.244 e. The third-order valence-electron chi connectivity index (χ3n) is 3.84. The molecule has 0 radical (unpaired) electrons. The number of thioether (sulfide) groups is 1. The maximum absolute atomic E-state index is 12.8. The Morgan fingerprint density at radius 1 is 1.50 bits per heavy atom. The van der Waals surface area contributed by atoms with E-state index in [-0.39, 0.29) is 5.91 Å². The number of hydrogen-bond acceptors (Lipinski definition) is 5. The Balaban J connectivity index is 2.13. The maximum atomic E-state index is 12.8. The van der Waals surface area contributed by atoms with Gasteiger partial charge in [-0.25, -0.2) is 0 Å². The van der Waals surface area contributed by atoms with E-state index in [1.165, 1.54) is 0 Å². The van der Waals surface area contributed by atoms with Gasteiger partial charge in [0, 0.05) is 37.3 Å². The Morgan fingerprint density at radius 3 is 2.79 bits per heavy atom. The molecule has 0 fully saturated rings. The van der Waals surface area contributed by atoms with E-state index in [0.29, 0.717) is 6.54 Å². The largest absolute Gasteiger partial charge is 0.496 e. The van der Waals surface area contributed by atoms with Gasteiger partial charge in [0.25, 0.3) is 0 Å². The smallest absolute Gasteiger partial charge is 0.244 e. The average Bonchev–Trinajstić information content (AvgIpc) is 3.01. The quantitative estimate of drug-likeness (QED) is 0.776. The zero-order valence-electron chi connectivity index (χ0n) is 14.7. The number of nitrogens with one attached hydrogen (secondary N) is 1. The number of aromatic nitrogens is 2. The Labute approximate surface area is 147 Å². The molecule has 0 bridgehead atoms. The van der Waals surface area contributed by atoms with E-state index in [0.717, 1.165) is 21.8 Å². The van der Waals surface area contributed by atoms with Crippen LogP contribution in [0.1, 0.15) is 17.2 Å². The molecule has 0 aliphatic heterocycles. The number of likely N-dealkylation sites (N-methyl/N-ethyl adjacent to an activating group) is 2. The van der Waals surface area contributed by atoms with Crippen LogP contribution in [0.15, 0.2) is 35.5 Å². The molecule has 1 unspecified atom stereocenters. The normalized spacial score (nSPS) is 12.0. The summed E-state index contributed by atoms with van der Waals surface area (Å²) in [5.74, 6) is 0.830. The Morgan fingerprint density at radius 2 is 2.25 bits per heavy atom. The third-order valence-corrected chi connectivity index (χ3v) is 4.61. The molecule has 0 saturated carbocycles. The fraction of sp³-hybridized carbons (Fsp3) is 0.412. The van der Waals surface area contributed by atoms with Crippen molar-refractivity contribution in [3.05, 3.63) is 41.7 Å². The zero-order chi connectivity index (χ0) is 17.7. The number of benzene rings is 1. The van der Waals surface area contributed by atoms with Crippen molar-refractivity contribution in [1.82, 2.24) is 20.0 Å². The van der Waals surface area contributed by atoms with Crippen LogP contribution in [0.5, 0.6) is 5.75 Å². The number of hydrogen-bond donors (Lipinski definition) is 1. The van der Waals surface area contributed by atoms with E-state index in [2.05, 4.69) is 10.4 Å². The number of aryl methyl sites for hydroxylation is 1. The highest BCUT2D eigenvalue weighted by atomic mass is 32.2. The van der Waals surface area contributed by atoms with Crippen molar-refractivity contribution in [3.63, 3.8) is 0 Å². The van der Waals surface area contributed by atoms with Crippen molar-refractivity contribution in [3.8, 4) is 5.75 Å². The molecule has 1 heterocycles. The molecule has 1 atom stereocenters. The van der Waals surface area contributed by atoms with Crippen molar-refractivity contribution in [2.24, 2.45) is 7.05 Å². The molecule has 0 spiro atoms. The standard InChI is InChI=1S/C17H24N4O2S/c1-18-16(13-9-19-21(3)11-13)17(22)20(2)10-12-6-7-15(24-5)14(8-12)23-4/h6-9,11,16,18H,10H2,1-5H3. The van der Waals surface area contributed by atoms with Gasteiger partial charge in [0.15, 0.2) is 0 Å². The lowest BCUT2D eigenvalue weighted by molar-refractivity contribution is -0.132. The zero-order valence-corrected chi connectivity index (χ0v) is 15.6. The number of methoxy groups -OCH3 is 1. The summed E-state index contributed by atoms with van der Waals surface area (Å²) in [7, 11) is 7.08. The molecule has 0 aliphatic rings. The number of ether oxygens (including phenoxy) is 1. The van der Waals surface area contributed by atoms with Crippen LogP contribution < -0.4 is 10.1 Å². The molecule has 130 valence electrons. The van der Waals surface area contributed by atoms with Gasteiger partial charge in [-0.15, -0.1) is 11.8 Å². The van der Waals surface area contributed by atoms with E-state index < -0.39 is 6.04 Å². The summed E-state index contributed by atoms with van der Waals surface area (Å²) < 4.78 is 7.11. The molecule has 6 nitrogen and oxygen atoms in total. The molecule has 1 aromatic heterocycles. The molecule has 1 amide bonds. The Kier molecular flexibility index (Phi) is 6.28. The summed E-state index contributed by atoms with van der Waals surface area (Å²) >= 11 is 1.64. The van der Waals surface area contributed by atoms with Gasteiger partial charge in [-0.05, 0) is 31.0 Å². The van der Waals surface area contributed by atoms with E-state index in [1.54, 1.807) is 48.7 Å².